The third kappa shape index (κ3) is 2.28. The zero-order chi connectivity index (χ0) is 10.7. The molecular formula is C10H10BrN3O. The second-order valence-corrected chi connectivity index (χ2v) is 4.09. The second-order valence-electron chi connectivity index (χ2n) is 3.23. The molecule has 2 heterocycles. The maximum Gasteiger partial charge on any atom is 0.130 e. The van der Waals surface area contributed by atoms with Crippen molar-refractivity contribution in [3.05, 3.63) is 22.3 Å². The van der Waals surface area contributed by atoms with Crippen molar-refractivity contribution < 1.29 is 4.74 Å². The first kappa shape index (κ1) is 10.4. The molecule has 2 rings (SSSR count). The van der Waals surface area contributed by atoms with Crippen LogP contribution in [0.4, 0.5) is 5.82 Å². The Bertz CT molecular complexity index is 396. The maximum absolute atomic E-state index is 8.89. The largest absolute Gasteiger partial charge is 0.378 e. The molecule has 0 aromatic carbocycles. The van der Waals surface area contributed by atoms with E-state index in [1.54, 1.807) is 12.3 Å². The predicted molar refractivity (Wildman–Crippen MR) is 59.7 cm³/mol. The Balaban J connectivity index is 2.25. The highest BCUT2D eigenvalue weighted by Crippen LogP contribution is 2.20. The van der Waals surface area contributed by atoms with Gasteiger partial charge in [-0.05, 0) is 22.0 Å². The van der Waals surface area contributed by atoms with Gasteiger partial charge in [0.25, 0.3) is 0 Å². The van der Waals surface area contributed by atoms with Gasteiger partial charge in [0.15, 0.2) is 0 Å². The standard InChI is InChI=1S/C10H10BrN3O/c11-9-7-13-10(5-8(9)6-12)14-1-3-15-4-2-14/h5,7H,1-4H2. The number of hydrogen-bond donors (Lipinski definition) is 0. The Morgan fingerprint density at radius 2 is 2.20 bits per heavy atom. The lowest BCUT2D eigenvalue weighted by molar-refractivity contribution is 0.122. The van der Waals surface area contributed by atoms with Crippen LogP contribution in [-0.2, 0) is 4.74 Å². The number of aromatic nitrogens is 1. The van der Waals surface area contributed by atoms with E-state index in [-0.39, 0.29) is 0 Å². The van der Waals surface area contributed by atoms with Gasteiger partial charge in [-0.25, -0.2) is 4.98 Å². The number of pyridine rings is 1. The van der Waals surface area contributed by atoms with Crippen molar-refractivity contribution in [2.45, 2.75) is 0 Å². The molecule has 0 unspecified atom stereocenters. The van der Waals surface area contributed by atoms with Crippen molar-refractivity contribution in [1.82, 2.24) is 4.98 Å². The molecule has 1 aromatic heterocycles. The fourth-order valence-corrected chi connectivity index (χ4v) is 1.78. The quantitative estimate of drug-likeness (QED) is 0.775. The summed E-state index contributed by atoms with van der Waals surface area (Å²) < 4.78 is 6.00. The molecular weight excluding hydrogens is 258 g/mol. The highest BCUT2D eigenvalue weighted by atomic mass is 79.9. The van der Waals surface area contributed by atoms with Crippen LogP contribution >= 0.6 is 15.9 Å². The number of hydrogen-bond acceptors (Lipinski definition) is 4. The number of ether oxygens (including phenoxy) is 1. The molecule has 78 valence electrons. The Labute approximate surface area is 96.6 Å². The summed E-state index contributed by atoms with van der Waals surface area (Å²) in [5.41, 5.74) is 0.617. The molecule has 0 N–H and O–H groups in total. The maximum atomic E-state index is 8.89. The van der Waals surface area contributed by atoms with E-state index in [0.717, 1.165) is 36.6 Å². The monoisotopic (exact) mass is 267 g/mol. The molecule has 0 atom stereocenters. The fraction of sp³-hybridized carbons (Fsp3) is 0.400. The molecule has 0 spiro atoms. The van der Waals surface area contributed by atoms with E-state index in [9.17, 15) is 0 Å². The third-order valence-corrected chi connectivity index (χ3v) is 2.93. The molecule has 1 aliphatic rings. The van der Waals surface area contributed by atoms with Crippen LogP contribution in [-0.4, -0.2) is 31.3 Å². The summed E-state index contributed by atoms with van der Waals surface area (Å²) in [6.07, 6.45) is 1.67. The molecule has 0 bridgehead atoms. The van der Waals surface area contributed by atoms with Gasteiger partial charge in [0.05, 0.1) is 23.2 Å². The molecule has 5 heteroatoms. The Hall–Kier alpha value is -1.12. The van der Waals surface area contributed by atoms with Crippen LogP contribution in [0.5, 0.6) is 0 Å². The Morgan fingerprint density at radius 1 is 1.47 bits per heavy atom. The van der Waals surface area contributed by atoms with Crippen LogP contribution in [0.3, 0.4) is 0 Å². The average Bonchev–Trinajstić information content (AvgIpc) is 2.31. The minimum atomic E-state index is 0.617. The molecule has 0 radical (unpaired) electrons. The van der Waals surface area contributed by atoms with Crippen LogP contribution in [0.1, 0.15) is 5.56 Å². The van der Waals surface area contributed by atoms with Crippen LogP contribution < -0.4 is 4.90 Å². The minimum Gasteiger partial charge on any atom is -0.378 e. The number of nitrogens with zero attached hydrogens (tertiary/aromatic N) is 3. The number of nitriles is 1. The third-order valence-electron chi connectivity index (χ3n) is 2.30. The first-order chi connectivity index (χ1) is 7.31. The molecule has 4 nitrogen and oxygen atoms in total. The summed E-state index contributed by atoms with van der Waals surface area (Å²) in [5, 5.41) is 8.89. The zero-order valence-corrected chi connectivity index (χ0v) is 9.70. The van der Waals surface area contributed by atoms with Crippen molar-refractivity contribution in [3.8, 4) is 6.07 Å². The van der Waals surface area contributed by atoms with Gasteiger partial charge in [-0.1, -0.05) is 0 Å². The van der Waals surface area contributed by atoms with E-state index in [1.807, 2.05) is 0 Å². The van der Waals surface area contributed by atoms with E-state index >= 15 is 0 Å². The molecule has 1 saturated heterocycles. The molecule has 0 aliphatic carbocycles. The summed E-state index contributed by atoms with van der Waals surface area (Å²) in [7, 11) is 0. The molecule has 1 aliphatic heterocycles. The number of rotatable bonds is 1. The second kappa shape index (κ2) is 4.60. The SMILES string of the molecule is N#Cc1cc(N2CCOCC2)ncc1Br. The van der Waals surface area contributed by atoms with E-state index in [2.05, 4.69) is 31.9 Å². The number of halogens is 1. The molecule has 1 aromatic rings. The fourth-order valence-electron chi connectivity index (χ4n) is 1.48. The minimum absolute atomic E-state index is 0.617. The van der Waals surface area contributed by atoms with Gasteiger partial charge >= 0.3 is 0 Å². The van der Waals surface area contributed by atoms with Gasteiger partial charge in [0.1, 0.15) is 11.9 Å². The lowest BCUT2D eigenvalue weighted by Crippen LogP contribution is -2.36. The molecule has 0 saturated carbocycles. The average molecular weight is 268 g/mol. The van der Waals surface area contributed by atoms with Crippen molar-refractivity contribution in [2.24, 2.45) is 0 Å². The summed E-state index contributed by atoms with van der Waals surface area (Å²) >= 11 is 3.29. The highest BCUT2D eigenvalue weighted by molar-refractivity contribution is 9.10. The summed E-state index contributed by atoms with van der Waals surface area (Å²) in [6, 6.07) is 3.93. The summed E-state index contributed by atoms with van der Waals surface area (Å²) in [5.74, 6) is 0.845. The number of anilines is 1. The predicted octanol–water partition coefficient (Wildman–Crippen LogP) is 1.55. The van der Waals surface area contributed by atoms with E-state index < -0.39 is 0 Å². The van der Waals surface area contributed by atoms with Gasteiger partial charge in [0.2, 0.25) is 0 Å². The van der Waals surface area contributed by atoms with Crippen molar-refractivity contribution in [3.63, 3.8) is 0 Å². The molecule has 0 amide bonds. The number of morpholine rings is 1. The molecule has 1 fully saturated rings. The first-order valence-corrected chi connectivity index (χ1v) is 5.49. The van der Waals surface area contributed by atoms with Gasteiger partial charge < -0.3 is 9.64 Å². The summed E-state index contributed by atoms with van der Waals surface area (Å²) in [6.45, 7) is 3.11. The van der Waals surface area contributed by atoms with Gasteiger partial charge in [-0.2, -0.15) is 5.26 Å². The van der Waals surface area contributed by atoms with Crippen molar-refractivity contribution >= 4 is 21.7 Å². The van der Waals surface area contributed by atoms with Gasteiger partial charge in [0, 0.05) is 19.3 Å². The van der Waals surface area contributed by atoms with E-state index in [1.165, 1.54) is 0 Å². The lowest BCUT2D eigenvalue weighted by atomic mass is 10.2. The molecule has 15 heavy (non-hydrogen) atoms. The van der Waals surface area contributed by atoms with Gasteiger partial charge in [-0.15, -0.1) is 0 Å². The van der Waals surface area contributed by atoms with Crippen LogP contribution in [0, 0.1) is 11.3 Å². The zero-order valence-electron chi connectivity index (χ0n) is 8.11. The smallest absolute Gasteiger partial charge is 0.130 e. The first-order valence-electron chi connectivity index (χ1n) is 4.69. The summed E-state index contributed by atoms with van der Waals surface area (Å²) in [4.78, 5) is 6.40. The van der Waals surface area contributed by atoms with E-state index in [4.69, 9.17) is 10.00 Å². The van der Waals surface area contributed by atoms with Crippen LogP contribution in [0.2, 0.25) is 0 Å². The van der Waals surface area contributed by atoms with Crippen molar-refractivity contribution in [1.29, 1.82) is 5.26 Å². The van der Waals surface area contributed by atoms with Gasteiger partial charge in [-0.3, -0.25) is 0 Å². The van der Waals surface area contributed by atoms with Crippen LogP contribution in [0.15, 0.2) is 16.7 Å². The highest BCUT2D eigenvalue weighted by Gasteiger charge is 2.13. The van der Waals surface area contributed by atoms with Crippen molar-refractivity contribution in [2.75, 3.05) is 31.2 Å². The normalized spacial score (nSPS) is 16.1. The topological polar surface area (TPSA) is 49.2 Å². The Morgan fingerprint density at radius 3 is 2.87 bits per heavy atom. The lowest BCUT2D eigenvalue weighted by Gasteiger charge is -2.27. The Kier molecular flexibility index (Phi) is 3.19. The van der Waals surface area contributed by atoms with Crippen LogP contribution in [0.25, 0.3) is 0 Å². The van der Waals surface area contributed by atoms with E-state index in [0.29, 0.717) is 5.56 Å².